The van der Waals surface area contributed by atoms with Crippen molar-refractivity contribution in [3.63, 3.8) is 0 Å². The minimum atomic E-state index is -0.0511. The van der Waals surface area contributed by atoms with E-state index in [9.17, 15) is 4.79 Å². The highest BCUT2D eigenvalue weighted by Gasteiger charge is 2.32. The van der Waals surface area contributed by atoms with Crippen molar-refractivity contribution >= 4 is 5.78 Å². The largest absolute Gasteiger partial charge is 0.290 e. The monoisotopic (exact) mass is 206 g/mol. The highest BCUT2D eigenvalue weighted by Crippen LogP contribution is 2.40. The lowest BCUT2D eigenvalue weighted by molar-refractivity contribution is -0.112. The maximum absolute atomic E-state index is 12.0. The Bertz CT molecular complexity index is 329. The molecule has 0 heterocycles. The molecule has 0 saturated carbocycles. The third-order valence-corrected chi connectivity index (χ3v) is 2.79. The minimum absolute atomic E-state index is 0.0511. The van der Waals surface area contributed by atoms with Gasteiger partial charge < -0.3 is 0 Å². The van der Waals surface area contributed by atoms with Crippen LogP contribution in [-0.2, 0) is 4.79 Å². The summed E-state index contributed by atoms with van der Waals surface area (Å²) in [7, 11) is 0. The fraction of sp³-hybridized carbons (Fsp3) is 0.643. The van der Waals surface area contributed by atoms with E-state index in [1.165, 1.54) is 5.57 Å². The van der Waals surface area contributed by atoms with Crippen molar-refractivity contribution in [1.82, 2.24) is 0 Å². The molecule has 0 aromatic rings. The van der Waals surface area contributed by atoms with Crippen LogP contribution in [0.3, 0.4) is 0 Å². The Labute approximate surface area is 93.3 Å². The van der Waals surface area contributed by atoms with Crippen LogP contribution in [0.25, 0.3) is 0 Å². The molecular weight excluding hydrogens is 184 g/mol. The maximum Gasteiger partial charge on any atom is 0.182 e. The average Bonchev–Trinajstić information content (AvgIpc) is 1.99. The van der Waals surface area contributed by atoms with Crippen molar-refractivity contribution in [3.05, 3.63) is 23.3 Å². The van der Waals surface area contributed by atoms with Gasteiger partial charge in [-0.25, -0.2) is 0 Å². The zero-order valence-electron chi connectivity index (χ0n) is 10.8. The number of carbonyl (C=O) groups is 1. The van der Waals surface area contributed by atoms with Gasteiger partial charge in [0.25, 0.3) is 0 Å². The quantitative estimate of drug-likeness (QED) is 0.587. The molecule has 1 aliphatic rings. The first kappa shape index (κ1) is 12.2. The van der Waals surface area contributed by atoms with E-state index in [1.807, 2.05) is 6.08 Å². The molecule has 1 rings (SSSR count). The lowest BCUT2D eigenvalue weighted by Gasteiger charge is -2.33. The fourth-order valence-corrected chi connectivity index (χ4v) is 2.12. The lowest BCUT2D eigenvalue weighted by atomic mass is 9.70. The smallest absolute Gasteiger partial charge is 0.182 e. The summed E-state index contributed by atoms with van der Waals surface area (Å²) in [5.41, 5.74) is 2.34. The van der Waals surface area contributed by atoms with Crippen LogP contribution in [0.15, 0.2) is 23.3 Å². The van der Waals surface area contributed by atoms with Crippen LogP contribution in [0.4, 0.5) is 0 Å². The Morgan fingerprint density at radius 1 is 1.00 bits per heavy atom. The zero-order valence-corrected chi connectivity index (χ0v) is 10.8. The predicted octanol–water partition coefficient (Wildman–Crippen LogP) is 3.90. The normalized spacial score (nSPS) is 18.7. The Kier molecular flexibility index (Phi) is 2.95. The Balaban J connectivity index is 3.32. The Morgan fingerprint density at radius 3 is 1.87 bits per heavy atom. The summed E-state index contributed by atoms with van der Waals surface area (Å²) < 4.78 is 0. The van der Waals surface area contributed by atoms with Crippen LogP contribution in [0, 0.1) is 10.8 Å². The number of carbonyl (C=O) groups excluding carboxylic acids is 1. The van der Waals surface area contributed by atoms with Crippen molar-refractivity contribution < 1.29 is 4.79 Å². The summed E-state index contributed by atoms with van der Waals surface area (Å²) in [5.74, 6) is 0.193. The third kappa shape index (κ3) is 2.58. The van der Waals surface area contributed by atoms with Gasteiger partial charge >= 0.3 is 0 Å². The van der Waals surface area contributed by atoms with Gasteiger partial charge in [-0.1, -0.05) is 53.2 Å². The van der Waals surface area contributed by atoms with E-state index in [1.54, 1.807) is 6.08 Å². The molecule has 1 heteroatoms. The molecule has 0 unspecified atom stereocenters. The van der Waals surface area contributed by atoms with Gasteiger partial charge in [0.05, 0.1) is 0 Å². The number of hydrogen-bond donors (Lipinski definition) is 0. The maximum atomic E-state index is 12.0. The standard InChI is InChI=1S/C14H22O/c1-13(2,3)10-8-7-9-11(15)12(10)14(4,5)6/h7,9H,8H2,1-6H3. The average molecular weight is 206 g/mol. The molecule has 0 fully saturated rings. The first-order chi connectivity index (χ1) is 6.64. The fourth-order valence-electron chi connectivity index (χ4n) is 2.12. The van der Waals surface area contributed by atoms with Gasteiger partial charge in [-0.15, -0.1) is 0 Å². The summed E-state index contributed by atoms with van der Waals surface area (Å²) in [6.45, 7) is 12.9. The first-order valence-electron chi connectivity index (χ1n) is 5.59. The zero-order chi connectivity index (χ0) is 11.9. The molecule has 0 radical (unpaired) electrons. The van der Waals surface area contributed by atoms with Gasteiger partial charge in [0.1, 0.15) is 0 Å². The number of ketones is 1. The Morgan fingerprint density at radius 2 is 1.53 bits per heavy atom. The van der Waals surface area contributed by atoms with Gasteiger partial charge in [-0.2, -0.15) is 0 Å². The van der Waals surface area contributed by atoms with E-state index in [0.29, 0.717) is 0 Å². The second kappa shape index (κ2) is 3.62. The molecule has 84 valence electrons. The molecule has 0 atom stereocenters. The number of hydrogen-bond acceptors (Lipinski definition) is 1. The number of allylic oxidation sites excluding steroid dienone is 4. The molecule has 0 aromatic heterocycles. The summed E-state index contributed by atoms with van der Waals surface area (Å²) in [5, 5.41) is 0. The van der Waals surface area contributed by atoms with E-state index in [0.717, 1.165) is 12.0 Å². The lowest BCUT2D eigenvalue weighted by Crippen LogP contribution is -2.26. The first-order valence-corrected chi connectivity index (χ1v) is 5.59. The van der Waals surface area contributed by atoms with Gasteiger partial charge in [0.2, 0.25) is 0 Å². The van der Waals surface area contributed by atoms with Gasteiger partial charge in [0, 0.05) is 5.57 Å². The molecular formula is C14H22O. The molecule has 0 aliphatic heterocycles. The van der Waals surface area contributed by atoms with E-state index in [-0.39, 0.29) is 16.6 Å². The molecule has 0 amide bonds. The van der Waals surface area contributed by atoms with Crippen LogP contribution in [-0.4, -0.2) is 5.78 Å². The molecule has 0 spiro atoms. The molecule has 0 bridgehead atoms. The van der Waals surface area contributed by atoms with E-state index >= 15 is 0 Å². The molecule has 1 aliphatic carbocycles. The molecule has 0 aromatic carbocycles. The van der Waals surface area contributed by atoms with Gasteiger partial charge in [-0.05, 0) is 23.3 Å². The highest BCUT2D eigenvalue weighted by molar-refractivity contribution is 6.06. The van der Waals surface area contributed by atoms with Crippen molar-refractivity contribution in [2.45, 2.75) is 48.0 Å². The van der Waals surface area contributed by atoms with Gasteiger partial charge in [0.15, 0.2) is 5.78 Å². The Hall–Kier alpha value is -0.850. The molecule has 15 heavy (non-hydrogen) atoms. The highest BCUT2D eigenvalue weighted by atomic mass is 16.1. The summed E-state index contributed by atoms with van der Waals surface area (Å²) >= 11 is 0. The third-order valence-electron chi connectivity index (χ3n) is 2.79. The molecule has 0 N–H and O–H groups in total. The molecule has 0 saturated heterocycles. The molecule has 1 nitrogen and oxygen atoms in total. The van der Waals surface area contributed by atoms with Gasteiger partial charge in [-0.3, -0.25) is 4.79 Å². The SMILES string of the molecule is CC(C)(C)C1=C(C(C)(C)C)C(=O)C=CC1. The van der Waals surface area contributed by atoms with Crippen LogP contribution < -0.4 is 0 Å². The van der Waals surface area contributed by atoms with E-state index < -0.39 is 0 Å². The second-order valence-electron chi connectivity index (χ2n) is 6.32. The predicted molar refractivity (Wildman–Crippen MR) is 64.7 cm³/mol. The van der Waals surface area contributed by atoms with E-state index in [2.05, 4.69) is 41.5 Å². The van der Waals surface area contributed by atoms with Crippen molar-refractivity contribution in [2.75, 3.05) is 0 Å². The van der Waals surface area contributed by atoms with Crippen LogP contribution in [0.2, 0.25) is 0 Å². The minimum Gasteiger partial charge on any atom is -0.290 e. The van der Waals surface area contributed by atoms with E-state index in [4.69, 9.17) is 0 Å². The number of rotatable bonds is 0. The summed E-state index contributed by atoms with van der Waals surface area (Å²) in [4.78, 5) is 12.0. The van der Waals surface area contributed by atoms with Crippen LogP contribution >= 0.6 is 0 Å². The van der Waals surface area contributed by atoms with Crippen LogP contribution in [0.5, 0.6) is 0 Å². The second-order valence-corrected chi connectivity index (χ2v) is 6.32. The topological polar surface area (TPSA) is 17.1 Å². The summed E-state index contributed by atoms with van der Waals surface area (Å²) in [6.07, 6.45) is 4.62. The summed E-state index contributed by atoms with van der Waals surface area (Å²) in [6, 6.07) is 0. The van der Waals surface area contributed by atoms with Crippen molar-refractivity contribution in [1.29, 1.82) is 0 Å². The van der Waals surface area contributed by atoms with Crippen molar-refractivity contribution in [2.24, 2.45) is 10.8 Å². The van der Waals surface area contributed by atoms with Crippen molar-refractivity contribution in [3.8, 4) is 0 Å². The van der Waals surface area contributed by atoms with Crippen LogP contribution in [0.1, 0.15) is 48.0 Å².